The number of hydrogen-bond donors (Lipinski definition) is 1. The summed E-state index contributed by atoms with van der Waals surface area (Å²) in [5, 5.41) is 8.96. The molecular formula is C13H7F5O3. The smallest absolute Gasteiger partial charge is 0.416 e. The van der Waals surface area contributed by atoms with Crippen molar-refractivity contribution in [3.05, 3.63) is 47.4 Å². The van der Waals surface area contributed by atoms with Crippen LogP contribution >= 0.6 is 0 Å². The number of alkyl halides is 5. The van der Waals surface area contributed by atoms with Crippen molar-refractivity contribution in [2.24, 2.45) is 0 Å². The van der Waals surface area contributed by atoms with Gasteiger partial charge in [-0.1, -0.05) is 12.1 Å². The number of carbonyl (C=O) groups is 1. The number of hydrogen-bond acceptors (Lipinski definition) is 2. The van der Waals surface area contributed by atoms with Gasteiger partial charge in [0.1, 0.15) is 5.56 Å². The van der Waals surface area contributed by atoms with Gasteiger partial charge in [0.15, 0.2) is 5.76 Å². The zero-order valence-corrected chi connectivity index (χ0v) is 10.1. The van der Waals surface area contributed by atoms with E-state index in [0.717, 1.165) is 30.5 Å². The Kier molecular flexibility index (Phi) is 3.71. The minimum absolute atomic E-state index is 0.0380. The molecule has 2 aromatic rings. The first-order valence-corrected chi connectivity index (χ1v) is 5.52. The third kappa shape index (κ3) is 2.88. The summed E-state index contributed by atoms with van der Waals surface area (Å²) in [5.41, 5.74) is -1.85. The highest BCUT2D eigenvalue weighted by molar-refractivity contribution is 5.97. The third-order valence-corrected chi connectivity index (χ3v) is 2.75. The molecule has 0 aliphatic rings. The van der Waals surface area contributed by atoms with Gasteiger partial charge in [0.25, 0.3) is 6.43 Å². The van der Waals surface area contributed by atoms with Gasteiger partial charge in [0, 0.05) is 5.56 Å². The van der Waals surface area contributed by atoms with E-state index < -0.39 is 35.5 Å². The zero-order valence-electron chi connectivity index (χ0n) is 10.1. The quantitative estimate of drug-likeness (QED) is 0.843. The summed E-state index contributed by atoms with van der Waals surface area (Å²) in [4.78, 5) is 11.0. The van der Waals surface area contributed by atoms with Crippen molar-refractivity contribution in [1.29, 1.82) is 0 Å². The monoisotopic (exact) mass is 306 g/mol. The average molecular weight is 306 g/mol. The van der Waals surface area contributed by atoms with Crippen LogP contribution in [0, 0.1) is 0 Å². The van der Waals surface area contributed by atoms with Gasteiger partial charge in [-0.05, 0) is 17.7 Å². The fourth-order valence-electron chi connectivity index (χ4n) is 1.81. The van der Waals surface area contributed by atoms with Gasteiger partial charge in [-0.25, -0.2) is 13.6 Å². The molecule has 0 fully saturated rings. The van der Waals surface area contributed by atoms with Crippen molar-refractivity contribution in [2.75, 3.05) is 0 Å². The van der Waals surface area contributed by atoms with Crippen molar-refractivity contribution in [3.8, 4) is 11.1 Å². The molecule has 0 unspecified atom stereocenters. The molecule has 0 saturated carbocycles. The van der Waals surface area contributed by atoms with Gasteiger partial charge in [0.05, 0.1) is 11.8 Å². The van der Waals surface area contributed by atoms with Gasteiger partial charge < -0.3 is 9.52 Å². The van der Waals surface area contributed by atoms with Crippen LogP contribution in [0.1, 0.15) is 28.1 Å². The lowest BCUT2D eigenvalue weighted by molar-refractivity contribution is -0.137. The van der Waals surface area contributed by atoms with Crippen molar-refractivity contribution in [1.82, 2.24) is 0 Å². The Balaban J connectivity index is 2.50. The first-order chi connectivity index (χ1) is 9.71. The van der Waals surface area contributed by atoms with E-state index in [2.05, 4.69) is 4.42 Å². The Labute approximate surface area is 114 Å². The van der Waals surface area contributed by atoms with Crippen LogP contribution in [0.25, 0.3) is 11.1 Å². The van der Waals surface area contributed by atoms with Crippen LogP contribution in [0.3, 0.4) is 0 Å². The maximum absolute atomic E-state index is 12.6. The second-order valence-electron chi connectivity index (χ2n) is 4.07. The van der Waals surface area contributed by atoms with E-state index in [4.69, 9.17) is 5.11 Å². The molecule has 1 heterocycles. The standard InChI is InChI=1S/C13H7F5O3/c14-11(15)10-9(12(19)20)8(5-21-10)6-1-3-7(4-2-6)13(16,17)18/h1-5,11H,(H,19,20). The molecule has 112 valence electrons. The summed E-state index contributed by atoms with van der Waals surface area (Å²) in [6, 6.07) is 3.46. The molecule has 1 N–H and O–H groups in total. The lowest BCUT2D eigenvalue weighted by atomic mass is 10.0. The van der Waals surface area contributed by atoms with Gasteiger partial charge in [-0.15, -0.1) is 0 Å². The van der Waals surface area contributed by atoms with Crippen molar-refractivity contribution in [3.63, 3.8) is 0 Å². The maximum atomic E-state index is 12.6. The van der Waals surface area contributed by atoms with E-state index >= 15 is 0 Å². The average Bonchev–Trinajstić information content (AvgIpc) is 2.82. The van der Waals surface area contributed by atoms with Crippen LogP contribution in [0.2, 0.25) is 0 Å². The molecular weight excluding hydrogens is 299 g/mol. The van der Waals surface area contributed by atoms with Crippen LogP contribution in [-0.4, -0.2) is 11.1 Å². The summed E-state index contributed by atoms with van der Waals surface area (Å²) >= 11 is 0. The van der Waals surface area contributed by atoms with Crippen molar-refractivity contribution in [2.45, 2.75) is 12.6 Å². The predicted octanol–water partition coefficient (Wildman–Crippen LogP) is 4.60. The number of rotatable bonds is 3. The topological polar surface area (TPSA) is 50.4 Å². The van der Waals surface area contributed by atoms with Gasteiger partial charge in [0.2, 0.25) is 0 Å². The molecule has 1 aromatic heterocycles. The van der Waals surface area contributed by atoms with Crippen LogP contribution in [-0.2, 0) is 6.18 Å². The molecule has 2 rings (SSSR count). The van der Waals surface area contributed by atoms with Gasteiger partial charge >= 0.3 is 12.1 Å². The first kappa shape index (κ1) is 15.0. The van der Waals surface area contributed by atoms with E-state index in [-0.39, 0.29) is 11.1 Å². The largest absolute Gasteiger partial charge is 0.478 e. The molecule has 0 atom stereocenters. The molecule has 0 bridgehead atoms. The Morgan fingerprint density at radius 2 is 1.71 bits per heavy atom. The number of halogens is 5. The maximum Gasteiger partial charge on any atom is 0.416 e. The Morgan fingerprint density at radius 3 is 2.14 bits per heavy atom. The van der Waals surface area contributed by atoms with E-state index in [9.17, 15) is 26.7 Å². The van der Waals surface area contributed by atoms with E-state index in [1.807, 2.05) is 0 Å². The van der Waals surface area contributed by atoms with E-state index in [0.29, 0.717) is 0 Å². The summed E-state index contributed by atoms with van der Waals surface area (Å²) in [6.45, 7) is 0. The molecule has 21 heavy (non-hydrogen) atoms. The second kappa shape index (κ2) is 5.19. The molecule has 0 amide bonds. The highest BCUT2D eigenvalue weighted by Gasteiger charge is 2.31. The summed E-state index contributed by atoms with van der Waals surface area (Å²) < 4.78 is 67.1. The number of aromatic carboxylic acids is 1. The fraction of sp³-hybridized carbons (Fsp3) is 0.154. The van der Waals surface area contributed by atoms with Crippen LogP contribution in [0.4, 0.5) is 22.0 Å². The fourth-order valence-corrected chi connectivity index (χ4v) is 1.81. The first-order valence-electron chi connectivity index (χ1n) is 5.52. The Hall–Kier alpha value is -2.38. The zero-order chi connectivity index (χ0) is 15.8. The van der Waals surface area contributed by atoms with Crippen molar-refractivity contribution >= 4 is 5.97 Å². The predicted molar refractivity (Wildman–Crippen MR) is 61.1 cm³/mol. The highest BCUT2D eigenvalue weighted by atomic mass is 19.4. The number of furan rings is 1. The van der Waals surface area contributed by atoms with Crippen LogP contribution in [0.5, 0.6) is 0 Å². The molecule has 0 aliphatic carbocycles. The molecule has 0 saturated heterocycles. The lowest BCUT2D eigenvalue weighted by Crippen LogP contribution is -2.04. The highest BCUT2D eigenvalue weighted by Crippen LogP contribution is 2.35. The third-order valence-electron chi connectivity index (χ3n) is 2.75. The molecule has 8 heteroatoms. The molecule has 1 aromatic carbocycles. The summed E-state index contributed by atoms with van der Waals surface area (Å²) in [7, 11) is 0. The summed E-state index contributed by atoms with van der Waals surface area (Å²) in [6.07, 6.45) is -6.90. The SMILES string of the molecule is O=C(O)c1c(-c2ccc(C(F)(F)F)cc2)coc1C(F)F. The van der Waals surface area contributed by atoms with Crippen LogP contribution in [0.15, 0.2) is 34.9 Å². The molecule has 3 nitrogen and oxygen atoms in total. The minimum Gasteiger partial charge on any atom is -0.478 e. The van der Waals surface area contributed by atoms with E-state index in [1.165, 1.54) is 0 Å². The molecule has 0 radical (unpaired) electrons. The lowest BCUT2D eigenvalue weighted by Gasteiger charge is -2.07. The van der Waals surface area contributed by atoms with Crippen LogP contribution < -0.4 is 0 Å². The number of carboxylic acid groups (broad SMARTS) is 1. The Bertz CT molecular complexity index is 655. The number of benzene rings is 1. The summed E-state index contributed by atoms with van der Waals surface area (Å²) in [5.74, 6) is -2.67. The van der Waals surface area contributed by atoms with Crippen molar-refractivity contribution < 1.29 is 36.3 Å². The molecule has 0 aliphatic heterocycles. The van der Waals surface area contributed by atoms with E-state index in [1.54, 1.807) is 0 Å². The normalized spacial score (nSPS) is 11.9. The second-order valence-corrected chi connectivity index (χ2v) is 4.07. The van der Waals surface area contributed by atoms with Gasteiger partial charge in [-0.2, -0.15) is 13.2 Å². The minimum atomic E-state index is -4.54. The Morgan fingerprint density at radius 1 is 1.14 bits per heavy atom. The van der Waals surface area contributed by atoms with Gasteiger partial charge in [-0.3, -0.25) is 0 Å². The molecule has 0 spiro atoms. The number of carboxylic acids is 1.